The topological polar surface area (TPSA) is 91.1 Å². The van der Waals surface area contributed by atoms with E-state index >= 15 is 0 Å². The van der Waals surface area contributed by atoms with Crippen molar-refractivity contribution in [2.75, 3.05) is 26.8 Å². The summed E-state index contributed by atoms with van der Waals surface area (Å²) in [6.07, 6.45) is 11.0. The molecule has 2 aliphatic rings. The summed E-state index contributed by atoms with van der Waals surface area (Å²) in [6, 6.07) is 6.79. The summed E-state index contributed by atoms with van der Waals surface area (Å²) in [4.78, 5) is 28.3. The fourth-order valence-corrected chi connectivity index (χ4v) is 5.31. The molecule has 0 atom stereocenters. The first-order chi connectivity index (χ1) is 20.0. The standard InChI is InChI=1S/C30H31F2N5O4/c1-39-26-12-20(13-27(41-30(31)32)29(26)25(38)11-19-3-4-19)24-16-34-28-14-22(5-9-37(24)28)40-10-2-7-36-8-6-23-21(17-36)15-33-18-35-23/h5,9,12-16,18-19,30H,2-4,6-8,10-11,17H2,1H3. The summed E-state index contributed by atoms with van der Waals surface area (Å²) in [5.41, 5.74) is 4.18. The number of hydrogen-bond donors (Lipinski definition) is 0. The number of imidazole rings is 1. The highest BCUT2D eigenvalue weighted by molar-refractivity contribution is 6.02. The maximum atomic E-state index is 13.3. The quantitative estimate of drug-likeness (QED) is 0.171. The van der Waals surface area contributed by atoms with Crippen LogP contribution in [0.4, 0.5) is 8.78 Å². The fourth-order valence-electron chi connectivity index (χ4n) is 5.31. The molecule has 0 saturated heterocycles. The molecule has 0 unspecified atom stereocenters. The lowest BCUT2D eigenvalue weighted by Gasteiger charge is -2.27. The van der Waals surface area contributed by atoms with Crippen molar-refractivity contribution < 1.29 is 27.8 Å². The van der Waals surface area contributed by atoms with Crippen molar-refractivity contribution in [1.29, 1.82) is 0 Å². The van der Waals surface area contributed by atoms with Crippen molar-refractivity contribution in [3.8, 4) is 28.5 Å². The summed E-state index contributed by atoms with van der Waals surface area (Å²) in [5.74, 6) is 0.722. The van der Waals surface area contributed by atoms with E-state index in [0.717, 1.165) is 51.0 Å². The van der Waals surface area contributed by atoms with Gasteiger partial charge in [0.1, 0.15) is 34.8 Å². The number of carbonyl (C=O) groups is 1. The molecule has 1 aliphatic carbocycles. The third-order valence-electron chi connectivity index (χ3n) is 7.56. The normalized spacial score (nSPS) is 15.2. The number of halogens is 2. The molecule has 11 heteroatoms. The first kappa shape index (κ1) is 27.1. The Hall–Kier alpha value is -4.12. The number of pyridine rings is 1. The number of ketones is 1. The van der Waals surface area contributed by atoms with Crippen LogP contribution < -0.4 is 14.2 Å². The number of aromatic nitrogens is 4. The number of nitrogens with zero attached hydrogens (tertiary/aromatic N) is 5. The van der Waals surface area contributed by atoms with Gasteiger partial charge in [-0.2, -0.15) is 8.78 Å². The Morgan fingerprint density at radius 3 is 2.80 bits per heavy atom. The lowest BCUT2D eigenvalue weighted by molar-refractivity contribution is -0.0502. The van der Waals surface area contributed by atoms with Crippen LogP contribution in [0.1, 0.15) is 47.3 Å². The molecule has 214 valence electrons. The van der Waals surface area contributed by atoms with Gasteiger partial charge in [0.15, 0.2) is 5.78 Å². The average Bonchev–Trinajstić information content (AvgIpc) is 3.69. The molecule has 1 saturated carbocycles. The van der Waals surface area contributed by atoms with Crippen LogP contribution >= 0.6 is 0 Å². The van der Waals surface area contributed by atoms with E-state index in [9.17, 15) is 13.6 Å². The van der Waals surface area contributed by atoms with Gasteiger partial charge in [-0.15, -0.1) is 0 Å². The zero-order valence-corrected chi connectivity index (χ0v) is 22.8. The second-order valence-corrected chi connectivity index (χ2v) is 10.5. The number of benzene rings is 1. The minimum Gasteiger partial charge on any atom is -0.496 e. The molecule has 1 aliphatic heterocycles. The molecule has 0 radical (unpaired) electrons. The van der Waals surface area contributed by atoms with Gasteiger partial charge in [0.2, 0.25) is 0 Å². The molecule has 41 heavy (non-hydrogen) atoms. The van der Waals surface area contributed by atoms with Crippen LogP contribution in [-0.2, 0) is 13.0 Å². The van der Waals surface area contributed by atoms with Gasteiger partial charge in [-0.25, -0.2) is 15.0 Å². The van der Waals surface area contributed by atoms with E-state index in [1.807, 2.05) is 28.9 Å². The second kappa shape index (κ2) is 11.8. The van der Waals surface area contributed by atoms with Gasteiger partial charge in [0, 0.05) is 67.8 Å². The third kappa shape index (κ3) is 6.14. The maximum Gasteiger partial charge on any atom is 0.387 e. The Labute approximate surface area is 236 Å². The van der Waals surface area contributed by atoms with Crippen LogP contribution in [-0.4, -0.2) is 63.5 Å². The minimum atomic E-state index is -3.08. The molecule has 6 rings (SSSR count). The van der Waals surface area contributed by atoms with E-state index < -0.39 is 6.61 Å². The summed E-state index contributed by atoms with van der Waals surface area (Å²) in [5, 5.41) is 0. The van der Waals surface area contributed by atoms with Crippen LogP contribution in [0.5, 0.6) is 17.2 Å². The molecule has 1 fully saturated rings. The van der Waals surface area contributed by atoms with Gasteiger partial charge < -0.3 is 14.2 Å². The molecule has 4 aromatic rings. The van der Waals surface area contributed by atoms with Gasteiger partial charge in [-0.05, 0) is 43.4 Å². The molecular formula is C30H31F2N5O4. The van der Waals surface area contributed by atoms with Gasteiger partial charge >= 0.3 is 6.61 Å². The average molecular weight is 564 g/mol. The van der Waals surface area contributed by atoms with Crippen molar-refractivity contribution in [1.82, 2.24) is 24.3 Å². The van der Waals surface area contributed by atoms with E-state index in [2.05, 4.69) is 19.9 Å². The van der Waals surface area contributed by atoms with Crippen molar-refractivity contribution in [2.24, 2.45) is 5.92 Å². The highest BCUT2D eigenvalue weighted by Gasteiger charge is 2.30. The maximum absolute atomic E-state index is 13.3. The number of hydrogen-bond acceptors (Lipinski definition) is 8. The molecule has 3 aromatic heterocycles. The Morgan fingerprint density at radius 1 is 1.15 bits per heavy atom. The molecule has 0 N–H and O–H groups in total. The Kier molecular flexibility index (Phi) is 7.78. The Bertz CT molecular complexity index is 1560. The highest BCUT2D eigenvalue weighted by atomic mass is 19.3. The second-order valence-electron chi connectivity index (χ2n) is 10.5. The van der Waals surface area contributed by atoms with Crippen LogP contribution in [0.15, 0.2) is 49.2 Å². The predicted molar refractivity (Wildman–Crippen MR) is 147 cm³/mol. The number of ether oxygens (including phenoxy) is 3. The zero-order valence-electron chi connectivity index (χ0n) is 22.8. The summed E-state index contributed by atoms with van der Waals surface area (Å²) in [7, 11) is 1.41. The van der Waals surface area contributed by atoms with Crippen LogP contribution in [0.2, 0.25) is 0 Å². The van der Waals surface area contributed by atoms with E-state index in [4.69, 9.17) is 14.2 Å². The molecule has 9 nitrogen and oxygen atoms in total. The molecule has 4 heterocycles. The summed E-state index contributed by atoms with van der Waals surface area (Å²) in [6.45, 7) is 0.207. The first-order valence-corrected chi connectivity index (χ1v) is 13.8. The number of fused-ring (bicyclic) bond motifs is 2. The van der Waals surface area contributed by atoms with Crippen molar-refractivity contribution >= 4 is 11.4 Å². The predicted octanol–water partition coefficient (Wildman–Crippen LogP) is 5.21. The van der Waals surface area contributed by atoms with Gasteiger partial charge in [0.05, 0.1) is 25.6 Å². The van der Waals surface area contributed by atoms with Gasteiger partial charge in [-0.1, -0.05) is 0 Å². The van der Waals surface area contributed by atoms with E-state index in [1.165, 1.54) is 18.7 Å². The molecule has 1 aromatic carbocycles. The Balaban J connectivity index is 1.15. The smallest absolute Gasteiger partial charge is 0.387 e. The number of carbonyl (C=O) groups excluding carboxylic acids is 1. The van der Waals surface area contributed by atoms with E-state index in [0.29, 0.717) is 35.2 Å². The SMILES string of the molecule is COc1cc(-c2cnc3cc(OCCCN4CCc5ncncc5C4)ccn23)cc(OC(F)F)c1C(=O)CC1CC1. The number of methoxy groups -OCH3 is 1. The fraction of sp³-hybridized carbons (Fsp3) is 0.400. The van der Waals surface area contributed by atoms with Crippen molar-refractivity contribution in [2.45, 2.75) is 45.3 Å². The summed E-state index contributed by atoms with van der Waals surface area (Å²) >= 11 is 0. The van der Waals surface area contributed by atoms with Crippen LogP contribution in [0, 0.1) is 5.92 Å². The van der Waals surface area contributed by atoms with E-state index in [1.54, 1.807) is 18.6 Å². The number of Topliss-reactive ketones (excluding diaryl/α,β-unsaturated/α-hetero) is 1. The van der Waals surface area contributed by atoms with Crippen LogP contribution in [0.3, 0.4) is 0 Å². The van der Waals surface area contributed by atoms with Gasteiger partial charge in [0.25, 0.3) is 0 Å². The Morgan fingerprint density at radius 2 is 2.00 bits per heavy atom. The number of rotatable bonds is 12. The van der Waals surface area contributed by atoms with Crippen LogP contribution in [0.25, 0.3) is 16.9 Å². The zero-order chi connectivity index (χ0) is 28.3. The molecule has 0 amide bonds. The van der Waals surface area contributed by atoms with Crippen molar-refractivity contribution in [3.63, 3.8) is 0 Å². The van der Waals surface area contributed by atoms with E-state index in [-0.39, 0.29) is 29.3 Å². The largest absolute Gasteiger partial charge is 0.496 e. The van der Waals surface area contributed by atoms with Gasteiger partial charge in [-0.3, -0.25) is 14.1 Å². The lowest BCUT2D eigenvalue weighted by Crippen LogP contribution is -2.32. The minimum absolute atomic E-state index is 0.0510. The molecule has 0 spiro atoms. The highest BCUT2D eigenvalue weighted by Crippen LogP contribution is 2.40. The molecule has 0 bridgehead atoms. The third-order valence-corrected chi connectivity index (χ3v) is 7.56. The van der Waals surface area contributed by atoms with Crippen molar-refractivity contribution in [3.05, 3.63) is 66.0 Å². The molecular weight excluding hydrogens is 532 g/mol. The monoisotopic (exact) mass is 563 g/mol. The number of alkyl halides is 2. The lowest BCUT2D eigenvalue weighted by atomic mass is 10.00. The first-order valence-electron chi connectivity index (χ1n) is 13.8. The summed E-state index contributed by atoms with van der Waals surface area (Å²) < 4.78 is 44.8.